The van der Waals surface area contributed by atoms with E-state index < -0.39 is 0 Å². The van der Waals surface area contributed by atoms with Gasteiger partial charge in [-0.25, -0.2) is 0 Å². The van der Waals surface area contributed by atoms with Crippen molar-refractivity contribution in [3.8, 4) is 17.1 Å². The number of anilines is 1. The van der Waals surface area contributed by atoms with Crippen molar-refractivity contribution in [2.24, 2.45) is 0 Å². The van der Waals surface area contributed by atoms with Gasteiger partial charge in [0.15, 0.2) is 11.0 Å². The number of carbonyl (C=O) groups excluding carboxylic acids is 1. The maximum absolute atomic E-state index is 12.7. The maximum Gasteiger partial charge on any atom is 0.234 e. The summed E-state index contributed by atoms with van der Waals surface area (Å²) < 4.78 is 1.96. The second-order valence-corrected chi connectivity index (χ2v) is 8.24. The SMILES string of the molecule is CC(C)c1ccccc1NC(=O)CSc1nnc(-c2cccnc2)n1-c1ccccc1. The molecule has 7 heteroatoms. The molecule has 0 radical (unpaired) electrons. The molecule has 1 N–H and O–H groups in total. The Balaban J connectivity index is 1.57. The van der Waals surface area contributed by atoms with E-state index in [1.807, 2.05) is 71.3 Å². The number of para-hydroxylation sites is 2. The van der Waals surface area contributed by atoms with Crippen molar-refractivity contribution >= 4 is 23.4 Å². The Labute approximate surface area is 185 Å². The summed E-state index contributed by atoms with van der Waals surface area (Å²) in [5.74, 6) is 1.16. The molecule has 2 aromatic heterocycles. The maximum atomic E-state index is 12.7. The van der Waals surface area contributed by atoms with Gasteiger partial charge in [-0.3, -0.25) is 14.3 Å². The van der Waals surface area contributed by atoms with Crippen molar-refractivity contribution in [1.29, 1.82) is 0 Å². The number of carbonyl (C=O) groups is 1. The van der Waals surface area contributed by atoms with E-state index in [2.05, 4.69) is 34.3 Å². The van der Waals surface area contributed by atoms with E-state index in [0.717, 1.165) is 22.5 Å². The lowest BCUT2D eigenvalue weighted by Crippen LogP contribution is -2.16. The van der Waals surface area contributed by atoms with Gasteiger partial charge in [0.05, 0.1) is 5.75 Å². The lowest BCUT2D eigenvalue weighted by molar-refractivity contribution is -0.113. The molecule has 2 aromatic carbocycles. The van der Waals surface area contributed by atoms with Gasteiger partial charge in [-0.2, -0.15) is 0 Å². The molecule has 0 bridgehead atoms. The van der Waals surface area contributed by atoms with Crippen LogP contribution >= 0.6 is 11.8 Å². The minimum Gasteiger partial charge on any atom is -0.325 e. The summed E-state index contributed by atoms with van der Waals surface area (Å²) in [6, 6.07) is 21.6. The third-order valence-corrected chi connectivity index (χ3v) is 5.69. The predicted octanol–water partition coefficient (Wildman–Crippen LogP) is 5.18. The number of nitrogens with one attached hydrogen (secondary N) is 1. The van der Waals surface area contributed by atoms with Crippen LogP contribution < -0.4 is 5.32 Å². The van der Waals surface area contributed by atoms with Crippen molar-refractivity contribution in [1.82, 2.24) is 19.7 Å². The minimum atomic E-state index is -0.0800. The van der Waals surface area contributed by atoms with Gasteiger partial charge in [-0.15, -0.1) is 10.2 Å². The first-order valence-corrected chi connectivity index (χ1v) is 11.0. The zero-order valence-electron chi connectivity index (χ0n) is 17.4. The standard InChI is InChI=1S/C24H23N5OS/c1-17(2)20-12-6-7-13-21(20)26-22(30)16-31-24-28-27-23(18-9-8-14-25-15-18)29(24)19-10-4-3-5-11-19/h3-15,17H,16H2,1-2H3,(H,26,30). The fraction of sp³-hybridized carbons (Fsp3) is 0.167. The number of amides is 1. The molecule has 6 nitrogen and oxygen atoms in total. The Bertz CT molecular complexity index is 1160. The van der Waals surface area contributed by atoms with Gasteiger partial charge in [0, 0.05) is 29.3 Å². The van der Waals surface area contributed by atoms with Crippen LogP contribution in [-0.4, -0.2) is 31.4 Å². The van der Waals surface area contributed by atoms with Crippen molar-refractivity contribution in [3.05, 3.63) is 84.7 Å². The van der Waals surface area contributed by atoms with Gasteiger partial charge >= 0.3 is 0 Å². The largest absolute Gasteiger partial charge is 0.325 e. The first kappa shape index (κ1) is 20.8. The molecule has 1 amide bonds. The average Bonchev–Trinajstić information content (AvgIpc) is 3.23. The Morgan fingerprint density at radius 1 is 1.00 bits per heavy atom. The van der Waals surface area contributed by atoms with Crippen molar-refractivity contribution in [2.45, 2.75) is 24.9 Å². The number of thioether (sulfide) groups is 1. The fourth-order valence-corrected chi connectivity index (χ4v) is 4.04. The number of nitrogens with zero attached hydrogens (tertiary/aromatic N) is 4. The molecule has 4 aromatic rings. The summed E-state index contributed by atoms with van der Waals surface area (Å²) in [6.45, 7) is 4.23. The van der Waals surface area contributed by atoms with Gasteiger partial charge < -0.3 is 5.32 Å². The van der Waals surface area contributed by atoms with Crippen LogP contribution in [0.1, 0.15) is 25.3 Å². The van der Waals surface area contributed by atoms with Crippen LogP contribution in [0.5, 0.6) is 0 Å². The Kier molecular flexibility index (Phi) is 6.43. The molecule has 0 spiro atoms. The highest BCUT2D eigenvalue weighted by Gasteiger charge is 2.18. The Morgan fingerprint density at radius 2 is 1.77 bits per heavy atom. The zero-order chi connectivity index (χ0) is 21.6. The number of rotatable bonds is 7. The molecule has 0 atom stereocenters. The molecule has 0 fully saturated rings. The van der Waals surface area contributed by atoms with Crippen molar-refractivity contribution in [2.75, 3.05) is 11.1 Å². The van der Waals surface area contributed by atoms with E-state index in [9.17, 15) is 4.79 Å². The minimum absolute atomic E-state index is 0.0800. The van der Waals surface area contributed by atoms with Gasteiger partial charge in [-0.1, -0.05) is 62.0 Å². The topological polar surface area (TPSA) is 72.7 Å². The fourth-order valence-electron chi connectivity index (χ4n) is 3.29. The lowest BCUT2D eigenvalue weighted by Gasteiger charge is -2.13. The monoisotopic (exact) mass is 429 g/mol. The zero-order valence-corrected chi connectivity index (χ0v) is 18.2. The van der Waals surface area contributed by atoms with E-state index in [4.69, 9.17) is 0 Å². The molecule has 0 aliphatic rings. The number of hydrogen-bond acceptors (Lipinski definition) is 5. The van der Waals surface area contributed by atoms with E-state index in [-0.39, 0.29) is 11.7 Å². The van der Waals surface area contributed by atoms with Crippen molar-refractivity contribution in [3.63, 3.8) is 0 Å². The molecular formula is C24H23N5OS. The van der Waals surface area contributed by atoms with Crippen LogP contribution in [-0.2, 0) is 4.79 Å². The van der Waals surface area contributed by atoms with E-state index in [1.54, 1.807) is 12.4 Å². The second-order valence-electron chi connectivity index (χ2n) is 7.30. The van der Waals surface area contributed by atoms with E-state index in [1.165, 1.54) is 11.8 Å². The molecule has 4 rings (SSSR count). The first-order chi connectivity index (χ1) is 15.1. The van der Waals surface area contributed by atoms with E-state index in [0.29, 0.717) is 16.9 Å². The van der Waals surface area contributed by atoms with Crippen LogP contribution in [0, 0.1) is 0 Å². The number of aromatic nitrogens is 4. The summed E-state index contributed by atoms with van der Waals surface area (Å²) in [5.41, 5.74) is 3.76. The third kappa shape index (κ3) is 4.83. The highest BCUT2D eigenvalue weighted by atomic mass is 32.2. The summed E-state index contributed by atoms with van der Waals surface area (Å²) in [6.07, 6.45) is 3.48. The molecule has 31 heavy (non-hydrogen) atoms. The second kappa shape index (κ2) is 9.57. The summed E-state index contributed by atoms with van der Waals surface area (Å²) >= 11 is 1.36. The van der Waals surface area contributed by atoms with Crippen LogP contribution in [0.4, 0.5) is 5.69 Å². The third-order valence-electron chi connectivity index (χ3n) is 4.76. The molecular weight excluding hydrogens is 406 g/mol. The average molecular weight is 430 g/mol. The Morgan fingerprint density at radius 3 is 2.52 bits per heavy atom. The lowest BCUT2D eigenvalue weighted by atomic mass is 10.0. The predicted molar refractivity (Wildman–Crippen MR) is 124 cm³/mol. The number of benzene rings is 2. The molecule has 156 valence electrons. The highest BCUT2D eigenvalue weighted by Crippen LogP contribution is 2.28. The van der Waals surface area contributed by atoms with Crippen LogP contribution in [0.2, 0.25) is 0 Å². The van der Waals surface area contributed by atoms with Crippen LogP contribution in [0.3, 0.4) is 0 Å². The van der Waals surface area contributed by atoms with Gasteiger partial charge in [0.2, 0.25) is 5.91 Å². The molecule has 0 aliphatic heterocycles. The molecule has 0 unspecified atom stereocenters. The summed E-state index contributed by atoms with van der Waals surface area (Å²) in [7, 11) is 0. The first-order valence-electron chi connectivity index (χ1n) is 10.1. The van der Waals surface area contributed by atoms with Gasteiger partial charge in [0.25, 0.3) is 0 Å². The summed E-state index contributed by atoms with van der Waals surface area (Å²) in [5, 5.41) is 12.4. The van der Waals surface area contributed by atoms with E-state index >= 15 is 0 Å². The highest BCUT2D eigenvalue weighted by molar-refractivity contribution is 7.99. The molecule has 2 heterocycles. The van der Waals surface area contributed by atoms with Crippen LogP contribution in [0.15, 0.2) is 84.3 Å². The Hall–Kier alpha value is -3.45. The number of hydrogen-bond donors (Lipinski definition) is 1. The van der Waals surface area contributed by atoms with Gasteiger partial charge in [0.1, 0.15) is 0 Å². The molecule has 0 saturated heterocycles. The molecule has 0 saturated carbocycles. The number of pyridine rings is 1. The van der Waals surface area contributed by atoms with Crippen LogP contribution in [0.25, 0.3) is 17.1 Å². The smallest absolute Gasteiger partial charge is 0.234 e. The van der Waals surface area contributed by atoms with Crippen molar-refractivity contribution < 1.29 is 4.79 Å². The van der Waals surface area contributed by atoms with Gasteiger partial charge in [-0.05, 0) is 41.8 Å². The quantitative estimate of drug-likeness (QED) is 0.410. The molecule has 0 aliphatic carbocycles. The summed E-state index contributed by atoms with van der Waals surface area (Å²) in [4.78, 5) is 16.9. The normalized spacial score (nSPS) is 10.9.